The molecule has 1 aromatic carbocycles. The number of nitrogens with zero attached hydrogens (tertiary/aromatic N) is 2. The van der Waals surface area contributed by atoms with Crippen molar-refractivity contribution in [3.05, 3.63) is 34.8 Å². The highest BCUT2D eigenvalue weighted by molar-refractivity contribution is 7.14. The third-order valence-corrected chi connectivity index (χ3v) is 5.16. The number of amides is 1. The van der Waals surface area contributed by atoms with Crippen molar-refractivity contribution in [1.29, 1.82) is 0 Å². The number of rotatable bonds is 8. The Balaban J connectivity index is 1.55. The highest BCUT2D eigenvalue weighted by atomic mass is 32.1. The minimum atomic E-state index is -0.564. The first-order valence-corrected chi connectivity index (χ1v) is 9.55. The summed E-state index contributed by atoms with van der Waals surface area (Å²) in [6.07, 6.45) is 1.27. The number of methoxy groups -OCH3 is 2. The molecule has 1 aliphatic rings. The number of thiazole rings is 1. The van der Waals surface area contributed by atoms with Crippen LogP contribution in [0.1, 0.15) is 28.9 Å². The fraction of sp³-hybridized carbons (Fsp3) is 0.368. The van der Waals surface area contributed by atoms with Crippen molar-refractivity contribution in [2.75, 3.05) is 32.3 Å². The topological polar surface area (TPSA) is 95.0 Å². The second-order valence-corrected chi connectivity index (χ2v) is 6.93. The molecule has 0 bridgehead atoms. The van der Waals surface area contributed by atoms with Crippen molar-refractivity contribution >= 4 is 34.1 Å². The summed E-state index contributed by atoms with van der Waals surface area (Å²) >= 11 is 1.31. The van der Waals surface area contributed by atoms with Crippen LogP contribution in [0.3, 0.4) is 0 Å². The number of carbonyl (C=O) groups is 3. The summed E-state index contributed by atoms with van der Waals surface area (Å²) in [5.74, 6) is 0.00320. The number of hydrogen-bond acceptors (Lipinski definition) is 8. The van der Waals surface area contributed by atoms with E-state index in [0.29, 0.717) is 40.9 Å². The number of Topliss-reactive ketones (excluding diaryl/α,β-unsaturated/α-hetero) is 1. The Bertz CT molecular complexity index is 894. The normalized spacial score (nSPS) is 13.5. The van der Waals surface area contributed by atoms with Gasteiger partial charge in [0.05, 0.1) is 31.9 Å². The molecule has 3 rings (SSSR count). The van der Waals surface area contributed by atoms with Gasteiger partial charge in [0.15, 0.2) is 11.7 Å². The predicted octanol–water partition coefficient (Wildman–Crippen LogP) is 2.26. The first kappa shape index (κ1) is 19.8. The van der Waals surface area contributed by atoms with E-state index in [2.05, 4.69) is 4.98 Å². The smallest absolute Gasteiger partial charge is 0.312 e. The number of ether oxygens (including phenoxy) is 3. The van der Waals surface area contributed by atoms with Crippen molar-refractivity contribution in [1.82, 2.24) is 4.98 Å². The number of aromatic nitrogens is 1. The van der Waals surface area contributed by atoms with Gasteiger partial charge in [-0.2, -0.15) is 0 Å². The van der Waals surface area contributed by atoms with Crippen LogP contribution < -0.4 is 14.4 Å². The predicted molar refractivity (Wildman–Crippen MR) is 102 cm³/mol. The van der Waals surface area contributed by atoms with Crippen LogP contribution >= 0.6 is 11.3 Å². The minimum Gasteiger partial charge on any atom is -0.497 e. The van der Waals surface area contributed by atoms with Gasteiger partial charge < -0.3 is 14.2 Å². The quantitative estimate of drug-likeness (QED) is 0.492. The lowest BCUT2D eigenvalue weighted by Crippen LogP contribution is -2.23. The lowest BCUT2D eigenvalue weighted by Gasteiger charge is -2.10. The van der Waals surface area contributed by atoms with E-state index < -0.39 is 12.6 Å². The first-order valence-electron chi connectivity index (χ1n) is 8.67. The molecule has 0 N–H and O–H groups in total. The van der Waals surface area contributed by atoms with Crippen molar-refractivity contribution in [2.24, 2.45) is 0 Å². The van der Waals surface area contributed by atoms with Crippen molar-refractivity contribution in [2.45, 2.75) is 19.3 Å². The van der Waals surface area contributed by atoms with Crippen LogP contribution in [0.15, 0.2) is 23.6 Å². The lowest BCUT2D eigenvalue weighted by atomic mass is 10.1. The van der Waals surface area contributed by atoms with E-state index in [1.165, 1.54) is 25.6 Å². The van der Waals surface area contributed by atoms with E-state index in [4.69, 9.17) is 14.2 Å². The van der Waals surface area contributed by atoms with Crippen LogP contribution in [0.5, 0.6) is 11.5 Å². The summed E-state index contributed by atoms with van der Waals surface area (Å²) in [4.78, 5) is 42.1. The van der Waals surface area contributed by atoms with Crippen molar-refractivity contribution < 1.29 is 28.6 Å². The Labute approximate surface area is 166 Å². The molecule has 9 heteroatoms. The van der Waals surface area contributed by atoms with E-state index in [-0.39, 0.29) is 18.1 Å². The summed E-state index contributed by atoms with van der Waals surface area (Å²) in [6.45, 7) is 0.248. The molecule has 1 saturated heterocycles. The zero-order valence-corrected chi connectivity index (χ0v) is 16.4. The molecular weight excluding hydrogens is 384 g/mol. The molecule has 2 heterocycles. The van der Waals surface area contributed by atoms with Crippen LogP contribution in [-0.2, 0) is 20.7 Å². The average Bonchev–Trinajstić information content (AvgIpc) is 3.34. The number of benzene rings is 1. The maximum Gasteiger partial charge on any atom is 0.312 e. The molecule has 0 radical (unpaired) electrons. The van der Waals surface area contributed by atoms with E-state index >= 15 is 0 Å². The van der Waals surface area contributed by atoms with Gasteiger partial charge in [0.2, 0.25) is 11.7 Å². The largest absolute Gasteiger partial charge is 0.497 e. The molecule has 1 aliphatic heterocycles. The Hall–Kier alpha value is -2.94. The van der Waals surface area contributed by atoms with Gasteiger partial charge >= 0.3 is 5.97 Å². The summed E-state index contributed by atoms with van der Waals surface area (Å²) in [7, 11) is 2.96. The molecule has 2 aromatic rings. The zero-order chi connectivity index (χ0) is 20.1. The Kier molecular flexibility index (Phi) is 6.25. The van der Waals surface area contributed by atoms with Crippen LogP contribution in [0.25, 0.3) is 0 Å². The number of hydrogen-bond donors (Lipinski definition) is 0. The number of anilines is 1. The monoisotopic (exact) mass is 404 g/mol. The standard InChI is InChI=1S/C19H20N2O6S/c1-25-13-5-6-14(16(9-13)26-2)15(22)10-27-18(24)8-12-11-28-19(20-12)21-7-3-4-17(21)23/h5-6,9,11H,3-4,7-8,10H2,1-2H3. The van der Waals surface area contributed by atoms with E-state index in [9.17, 15) is 14.4 Å². The lowest BCUT2D eigenvalue weighted by molar-refractivity contribution is -0.141. The third kappa shape index (κ3) is 4.48. The zero-order valence-electron chi connectivity index (χ0n) is 15.6. The Morgan fingerprint density at radius 1 is 1.25 bits per heavy atom. The molecule has 0 saturated carbocycles. The van der Waals surface area contributed by atoms with Gasteiger partial charge in [-0.15, -0.1) is 11.3 Å². The Morgan fingerprint density at radius 2 is 2.07 bits per heavy atom. The van der Waals surface area contributed by atoms with Crippen LogP contribution in [-0.4, -0.2) is 50.0 Å². The fourth-order valence-corrected chi connectivity index (χ4v) is 3.67. The van der Waals surface area contributed by atoms with Crippen molar-refractivity contribution in [3.63, 3.8) is 0 Å². The molecule has 148 valence electrons. The molecule has 1 fully saturated rings. The summed E-state index contributed by atoms with van der Waals surface area (Å²) in [5, 5.41) is 2.31. The SMILES string of the molecule is COc1ccc(C(=O)COC(=O)Cc2csc(N3CCCC3=O)n2)c(OC)c1. The minimum absolute atomic E-state index is 0.0440. The first-order chi connectivity index (χ1) is 13.5. The van der Waals surface area contributed by atoms with Gasteiger partial charge in [-0.3, -0.25) is 19.3 Å². The van der Waals surface area contributed by atoms with Crippen LogP contribution in [0.2, 0.25) is 0 Å². The van der Waals surface area contributed by atoms with Crippen LogP contribution in [0, 0.1) is 0 Å². The molecule has 0 aliphatic carbocycles. The molecule has 28 heavy (non-hydrogen) atoms. The molecule has 0 spiro atoms. The maximum absolute atomic E-state index is 12.3. The number of carbonyl (C=O) groups excluding carboxylic acids is 3. The second kappa shape index (κ2) is 8.83. The molecular formula is C19H20N2O6S. The molecule has 8 nitrogen and oxygen atoms in total. The summed E-state index contributed by atoms with van der Waals surface area (Å²) in [6, 6.07) is 4.78. The van der Waals surface area contributed by atoms with Gasteiger partial charge in [-0.25, -0.2) is 4.98 Å². The van der Waals surface area contributed by atoms with Gasteiger partial charge in [0.25, 0.3) is 0 Å². The Morgan fingerprint density at radius 3 is 2.75 bits per heavy atom. The van der Waals surface area contributed by atoms with E-state index in [0.717, 1.165) is 6.42 Å². The highest BCUT2D eigenvalue weighted by Gasteiger charge is 2.24. The molecule has 1 aromatic heterocycles. The van der Waals surface area contributed by atoms with Gasteiger partial charge in [-0.05, 0) is 18.6 Å². The molecule has 1 amide bonds. The average molecular weight is 404 g/mol. The number of esters is 1. The summed E-state index contributed by atoms with van der Waals surface area (Å²) < 4.78 is 15.4. The summed E-state index contributed by atoms with van der Waals surface area (Å²) in [5.41, 5.74) is 0.818. The van der Waals surface area contributed by atoms with E-state index in [1.54, 1.807) is 28.5 Å². The van der Waals surface area contributed by atoms with Gasteiger partial charge in [0, 0.05) is 24.4 Å². The highest BCUT2D eigenvalue weighted by Crippen LogP contribution is 2.26. The van der Waals surface area contributed by atoms with Crippen LogP contribution in [0.4, 0.5) is 5.13 Å². The fourth-order valence-electron chi connectivity index (χ4n) is 2.80. The van der Waals surface area contributed by atoms with Gasteiger partial charge in [0.1, 0.15) is 11.5 Å². The molecule has 0 unspecified atom stereocenters. The second-order valence-electron chi connectivity index (χ2n) is 6.10. The maximum atomic E-state index is 12.3. The van der Waals surface area contributed by atoms with E-state index in [1.807, 2.05) is 0 Å². The van der Waals surface area contributed by atoms with Gasteiger partial charge in [-0.1, -0.05) is 0 Å². The van der Waals surface area contributed by atoms with Crippen molar-refractivity contribution in [3.8, 4) is 11.5 Å². The third-order valence-electron chi connectivity index (χ3n) is 4.24. The number of ketones is 1. The molecule has 0 atom stereocenters.